The van der Waals surface area contributed by atoms with Crippen molar-refractivity contribution in [3.8, 4) is 0 Å². The Kier molecular flexibility index (Phi) is 3.74. The van der Waals surface area contributed by atoms with Gasteiger partial charge in [0.1, 0.15) is 11.4 Å². The molecule has 2 aromatic rings. The van der Waals surface area contributed by atoms with E-state index in [1.807, 2.05) is 5.38 Å². The van der Waals surface area contributed by atoms with Crippen molar-refractivity contribution in [3.05, 3.63) is 28.9 Å². The van der Waals surface area contributed by atoms with Crippen molar-refractivity contribution in [3.63, 3.8) is 0 Å². The zero-order valence-electron chi connectivity index (χ0n) is 11.6. The Morgan fingerprint density at radius 3 is 3.10 bits per heavy atom. The molecule has 2 aromatic heterocycles. The van der Waals surface area contributed by atoms with Gasteiger partial charge in [0.15, 0.2) is 5.13 Å². The third-order valence-corrected chi connectivity index (χ3v) is 3.92. The van der Waals surface area contributed by atoms with Crippen LogP contribution in [0.15, 0.2) is 17.6 Å². The second-order valence-corrected chi connectivity index (χ2v) is 5.72. The standard InChI is InChI=1S/C14H16N4O2S/c1-2-20-13(19)10-5-9(15)6-16-12(10)18-14-17-11(7-21-14)8-3-4-8/h5-8H,2-4,15H2,1H3,(H,16,17,18). The fourth-order valence-electron chi connectivity index (χ4n) is 1.96. The van der Waals surface area contributed by atoms with Gasteiger partial charge < -0.3 is 15.8 Å². The lowest BCUT2D eigenvalue weighted by Crippen LogP contribution is -2.10. The van der Waals surface area contributed by atoms with E-state index in [1.165, 1.54) is 30.4 Å². The number of carbonyl (C=O) groups excluding carboxylic acids is 1. The minimum atomic E-state index is -0.446. The number of esters is 1. The number of anilines is 3. The fourth-order valence-corrected chi connectivity index (χ4v) is 2.75. The van der Waals surface area contributed by atoms with Crippen molar-refractivity contribution < 1.29 is 9.53 Å². The first-order chi connectivity index (χ1) is 10.2. The van der Waals surface area contributed by atoms with Crippen LogP contribution in [0.3, 0.4) is 0 Å². The number of nitrogen functional groups attached to an aromatic ring is 1. The minimum absolute atomic E-state index is 0.302. The Hall–Kier alpha value is -2.15. The summed E-state index contributed by atoms with van der Waals surface area (Å²) in [5.74, 6) is 0.568. The number of pyridine rings is 1. The molecule has 0 bridgehead atoms. The number of carbonyl (C=O) groups is 1. The van der Waals surface area contributed by atoms with Crippen molar-refractivity contribution in [2.24, 2.45) is 0 Å². The summed E-state index contributed by atoms with van der Waals surface area (Å²) < 4.78 is 5.02. The van der Waals surface area contributed by atoms with E-state index >= 15 is 0 Å². The summed E-state index contributed by atoms with van der Waals surface area (Å²) in [6, 6.07) is 1.56. The van der Waals surface area contributed by atoms with Gasteiger partial charge in [-0.1, -0.05) is 0 Å². The Balaban J connectivity index is 1.84. The summed E-state index contributed by atoms with van der Waals surface area (Å²) in [4.78, 5) is 20.7. The highest BCUT2D eigenvalue weighted by Crippen LogP contribution is 2.41. The van der Waals surface area contributed by atoms with E-state index in [9.17, 15) is 4.79 Å². The lowest BCUT2D eigenvalue weighted by Gasteiger charge is -2.09. The normalized spacial score (nSPS) is 14.0. The van der Waals surface area contributed by atoms with E-state index in [-0.39, 0.29) is 0 Å². The number of nitrogens with zero attached hydrogens (tertiary/aromatic N) is 2. The first-order valence-electron chi connectivity index (χ1n) is 6.82. The van der Waals surface area contributed by atoms with Crippen LogP contribution in [-0.2, 0) is 4.74 Å². The van der Waals surface area contributed by atoms with Crippen molar-refractivity contribution in [1.82, 2.24) is 9.97 Å². The molecule has 7 heteroatoms. The van der Waals surface area contributed by atoms with E-state index in [0.29, 0.717) is 29.6 Å². The number of nitrogens with one attached hydrogen (secondary N) is 1. The van der Waals surface area contributed by atoms with Gasteiger partial charge in [-0.05, 0) is 25.8 Å². The van der Waals surface area contributed by atoms with E-state index in [1.54, 1.807) is 13.0 Å². The van der Waals surface area contributed by atoms with E-state index in [0.717, 1.165) is 10.8 Å². The maximum Gasteiger partial charge on any atom is 0.341 e. The van der Waals surface area contributed by atoms with Gasteiger partial charge in [0, 0.05) is 11.3 Å². The number of rotatable bonds is 5. The molecular weight excluding hydrogens is 288 g/mol. The molecule has 2 heterocycles. The van der Waals surface area contributed by atoms with Crippen molar-refractivity contribution in [2.75, 3.05) is 17.7 Å². The summed E-state index contributed by atoms with van der Waals surface area (Å²) in [5.41, 5.74) is 7.54. The van der Waals surface area contributed by atoms with Gasteiger partial charge in [-0.2, -0.15) is 0 Å². The minimum Gasteiger partial charge on any atom is -0.462 e. The number of nitrogens with two attached hydrogens (primary N) is 1. The zero-order valence-corrected chi connectivity index (χ0v) is 12.4. The second kappa shape index (κ2) is 5.69. The molecule has 1 aliphatic carbocycles. The van der Waals surface area contributed by atoms with Gasteiger partial charge >= 0.3 is 5.97 Å². The number of ether oxygens (including phenoxy) is 1. The van der Waals surface area contributed by atoms with Gasteiger partial charge in [-0.15, -0.1) is 11.3 Å². The summed E-state index contributed by atoms with van der Waals surface area (Å²) >= 11 is 1.51. The largest absolute Gasteiger partial charge is 0.462 e. The van der Waals surface area contributed by atoms with Crippen LogP contribution in [0.1, 0.15) is 41.7 Å². The van der Waals surface area contributed by atoms with Crippen LogP contribution in [-0.4, -0.2) is 22.5 Å². The molecule has 0 radical (unpaired) electrons. The molecular formula is C14H16N4O2S. The monoisotopic (exact) mass is 304 g/mol. The van der Waals surface area contributed by atoms with Gasteiger partial charge in [0.25, 0.3) is 0 Å². The summed E-state index contributed by atoms with van der Waals surface area (Å²) in [5, 5.41) is 5.85. The van der Waals surface area contributed by atoms with Crippen LogP contribution in [0.5, 0.6) is 0 Å². The Bertz CT molecular complexity index is 667. The fraction of sp³-hybridized carbons (Fsp3) is 0.357. The molecule has 0 saturated heterocycles. The Morgan fingerprint density at radius 2 is 2.38 bits per heavy atom. The molecule has 1 saturated carbocycles. The van der Waals surface area contributed by atoms with E-state index in [4.69, 9.17) is 10.5 Å². The summed E-state index contributed by atoms with van der Waals surface area (Å²) in [6.45, 7) is 2.06. The molecule has 0 aromatic carbocycles. The predicted octanol–water partition coefficient (Wildman–Crippen LogP) is 2.92. The molecule has 0 spiro atoms. The van der Waals surface area contributed by atoms with Gasteiger partial charge in [-0.3, -0.25) is 0 Å². The van der Waals surface area contributed by atoms with Gasteiger partial charge in [0.2, 0.25) is 0 Å². The SMILES string of the molecule is CCOC(=O)c1cc(N)cnc1Nc1nc(C2CC2)cs1. The molecule has 0 amide bonds. The first-order valence-corrected chi connectivity index (χ1v) is 7.70. The zero-order chi connectivity index (χ0) is 14.8. The lowest BCUT2D eigenvalue weighted by molar-refractivity contribution is 0.0527. The molecule has 1 aliphatic rings. The predicted molar refractivity (Wildman–Crippen MR) is 82.0 cm³/mol. The smallest absolute Gasteiger partial charge is 0.341 e. The average Bonchev–Trinajstić information content (AvgIpc) is 3.21. The van der Waals surface area contributed by atoms with Crippen molar-refractivity contribution >= 4 is 33.9 Å². The van der Waals surface area contributed by atoms with Gasteiger partial charge in [-0.25, -0.2) is 14.8 Å². The second-order valence-electron chi connectivity index (χ2n) is 4.86. The summed E-state index contributed by atoms with van der Waals surface area (Å²) in [7, 11) is 0. The molecule has 6 nitrogen and oxygen atoms in total. The third kappa shape index (κ3) is 3.13. The Labute approximate surface area is 126 Å². The van der Waals surface area contributed by atoms with Crippen LogP contribution < -0.4 is 11.1 Å². The van der Waals surface area contributed by atoms with Crippen LogP contribution in [0.2, 0.25) is 0 Å². The number of aromatic nitrogens is 2. The quantitative estimate of drug-likeness (QED) is 0.825. The van der Waals surface area contributed by atoms with Gasteiger partial charge in [0.05, 0.1) is 24.2 Å². The molecule has 0 atom stereocenters. The molecule has 3 N–H and O–H groups in total. The van der Waals surface area contributed by atoms with E-state index < -0.39 is 5.97 Å². The van der Waals surface area contributed by atoms with Crippen molar-refractivity contribution in [2.45, 2.75) is 25.7 Å². The highest BCUT2D eigenvalue weighted by molar-refractivity contribution is 7.13. The topological polar surface area (TPSA) is 90.1 Å². The number of hydrogen-bond donors (Lipinski definition) is 2. The third-order valence-electron chi connectivity index (χ3n) is 3.15. The van der Waals surface area contributed by atoms with Crippen molar-refractivity contribution in [1.29, 1.82) is 0 Å². The maximum atomic E-state index is 12.0. The molecule has 0 aliphatic heterocycles. The Morgan fingerprint density at radius 1 is 1.57 bits per heavy atom. The molecule has 21 heavy (non-hydrogen) atoms. The average molecular weight is 304 g/mol. The number of thiazole rings is 1. The molecule has 1 fully saturated rings. The highest BCUT2D eigenvalue weighted by atomic mass is 32.1. The first kappa shape index (κ1) is 13.8. The van der Waals surface area contributed by atoms with Crippen LogP contribution in [0.25, 0.3) is 0 Å². The number of hydrogen-bond acceptors (Lipinski definition) is 7. The lowest BCUT2D eigenvalue weighted by atomic mass is 10.2. The van der Waals surface area contributed by atoms with Crippen LogP contribution in [0, 0.1) is 0 Å². The highest BCUT2D eigenvalue weighted by Gasteiger charge is 2.26. The molecule has 0 unspecified atom stereocenters. The molecule has 3 rings (SSSR count). The summed E-state index contributed by atoms with van der Waals surface area (Å²) in [6.07, 6.45) is 3.91. The molecule has 110 valence electrons. The maximum absolute atomic E-state index is 12.0. The van der Waals surface area contributed by atoms with E-state index in [2.05, 4.69) is 15.3 Å². The van der Waals surface area contributed by atoms with Crippen LogP contribution >= 0.6 is 11.3 Å². The van der Waals surface area contributed by atoms with Crippen LogP contribution in [0.4, 0.5) is 16.6 Å².